The first kappa shape index (κ1) is 11.9. The smallest absolute Gasteiger partial charge is 0.322 e. The van der Waals surface area contributed by atoms with Gasteiger partial charge in [0.2, 0.25) is 5.88 Å². The third-order valence-electron chi connectivity index (χ3n) is 1.86. The third-order valence-corrected chi connectivity index (χ3v) is 2.89. The van der Waals surface area contributed by atoms with Gasteiger partial charge < -0.3 is 9.47 Å². The lowest BCUT2D eigenvalue weighted by Crippen LogP contribution is -2.01. The fraction of sp³-hybridized carbons (Fsp3) is 0.286. The summed E-state index contributed by atoms with van der Waals surface area (Å²) in [5, 5.41) is 3.15. The predicted molar refractivity (Wildman–Crippen MR) is 56.9 cm³/mol. The van der Waals surface area contributed by atoms with Crippen molar-refractivity contribution in [3.8, 4) is 11.9 Å². The second kappa shape index (κ2) is 4.00. The molecule has 0 N–H and O–H groups in total. The highest BCUT2D eigenvalue weighted by Gasteiger charge is 2.20. The molecule has 8 nitrogen and oxygen atoms in total. The van der Waals surface area contributed by atoms with Crippen molar-refractivity contribution in [2.24, 2.45) is 0 Å². The molecule has 0 unspecified atom stereocenters. The Morgan fingerprint density at radius 2 is 2.00 bits per heavy atom. The van der Waals surface area contributed by atoms with Crippen molar-refractivity contribution < 1.29 is 17.9 Å². The van der Waals surface area contributed by atoms with Crippen molar-refractivity contribution in [1.82, 2.24) is 19.6 Å². The Hall–Kier alpha value is -1.61. The van der Waals surface area contributed by atoms with Gasteiger partial charge in [0.05, 0.1) is 14.2 Å². The monoisotopic (exact) mass is 278 g/mol. The molecule has 0 saturated carbocycles. The van der Waals surface area contributed by atoms with Crippen molar-refractivity contribution >= 4 is 25.4 Å². The molecule has 2 heterocycles. The molecule has 2 rings (SSSR count). The minimum atomic E-state index is -4.00. The van der Waals surface area contributed by atoms with Crippen LogP contribution in [0, 0.1) is 0 Å². The first-order valence-electron chi connectivity index (χ1n) is 4.26. The van der Waals surface area contributed by atoms with Gasteiger partial charge in [-0.15, -0.1) is 5.10 Å². The topological polar surface area (TPSA) is 95.7 Å². The Bertz CT molecular complexity index is 668. The molecule has 0 radical (unpaired) electrons. The predicted octanol–water partition coefficient (Wildman–Crippen LogP) is 0.0690. The fourth-order valence-corrected chi connectivity index (χ4v) is 1.74. The summed E-state index contributed by atoms with van der Waals surface area (Å²) < 4.78 is 33.1. The molecule has 0 aliphatic rings. The Balaban J connectivity index is 2.76. The maximum absolute atomic E-state index is 11.1. The molecule has 17 heavy (non-hydrogen) atoms. The number of ether oxygens (including phenoxy) is 2. The third kappa shape index (κ3) is 2.11. The standard InChI is InChI=1S/C7H7ClN4O4S/c1-15-5-3-4-9-6(17(8,13)14)11-12(4)7(10-5)16-2/h3H,1-2H3. The molecular formula is C7H7ClN4O4S. The molecule has 0 aromatic carbocycles. The average Bonchev–Trinajstić information content (AvgIpc) is 2.70. The summed E-state index contributed by atoms with van der Waals surface area (Å²) in [5.41, 5.74) is 0.202. The second-order valence-electron chi connectivity index (χ2n) is 2.89. The van der Waals surface area contributed by atoms with Crippen molar-refractivity contribution in [2.45, 2.75) is 5.16 Å². The van der Waals surface area contributed by atoms with Crippen LogP contribution in [-0.2, 0) is 9.05 Å². The van der Waals surface area contributed by atoms with Gasteiger partial charge in [-0.25, -0.2) is 8.42 Å². The van der Waals surface area contributed by atoms with Crippen molar-refractivity contribution in [3.05, 3.63) is 6.07 Å². The number of aromatic nitrogens is 4. The Labute approximate surface area is 101 Å². The molecule has 0 amide bonds. The van der Waals surface area contributed by atoms with Crippen LogP contribution in [0.15, 0.2) is 11.2 Å². The molecule has 92 valence electrons. The highest BCUT2D eigenvalue weighted by Crippen LogP contribution is 2.19. The van der Waals surface area contributed by atoms with Gasteiger partial charge in [-0.1, -0.05) is 0 Å². The highest BCUT2D eigenvalue weighted by molar-refractivity contribution is 8.13. The van der Waals surface area contributed by atoms with Crippen LogP contribution >= 0.6 is 10.7 Å². The van der Waals surface area contributed by atoms with E-state index in [2.05, 4.69) is 15.1 Å². The first-order valence-corrected chi connectivity index (χ1v) is 6.57. The molecular weight excluding hydrogens is 272 g/mol. The molecule has 10 heteroatoms. The van der Waals surface area contributed by atoms with Gasteiger partial charge >= 0.3 is 6.01 Å². The van der Waals surface area contributed by atoms with Gasteiger partial charge in [-0.2, -0.15) is 14.5 Å². The lowest BCUT2D eigenvalue weighted by molar-refractivity contribution is 0.343. The Morgan fingerprint density at radius 1 is 1.29 bits per heavy atom. The zero-order chi connectivity index (χ0) is 12.6. The van der Waals surface area contributed by atoms with Crippen LogP contribution in [0.3, 0.4) is 0 Å². The van der Waals surface area contributed by atoms with E-state index in [1.165, 1.54) is 20.3 Å². The zero-order valence-electron chi connectivity index (χ0n) is 8.79. The molecule has 0 bridgehead atoms. The minimum Gasteiger partial charge on any atom is -0.481 e. The lowest BCUT2D eigenvalue weighted by Gasteiger charge is -2.03. The van der Waals surface area contributed by atoms with Crippen molar-refractivity contribution in [3.63, 3.8) is 0 Å². The number of nitrogens with zero attached hydrogens (tertiary/aromatic N) is 4. The molecule has 0 atom stereocenters. The SMILES string of the molecule is COc1cc2nc(S(=O)(=O)Cl)nn2c(OC)n1. The summed E-state index contributed by atoms with van der Waals surface area (Å²) in [7, 11) is 3.91. The minimum absolute atomic E-state index is 0.0402. The molecule has 0 fully saturated rings. The first-order chi connectivity index (χ1) is 7.95. The Morgan fingerprint density at radius 3 is 2.53 bits per heavy atom. The summed E-state index contributed by atoms with van der Waals surface area (Å²) >= 11 is 0. The van der Waals surface area contributed by atoms with Crippen LogP contribution in [0.1, 0.15) is 0 Å². The maximum atomic E-state index is 11.1. The highest BCUT2D eigenvalue weighted by atomic mass is 35.7. The van der Waals surface area contributed by atoms with Gasteiger partial charge in [-0.05, 0) is 0 Å². The summed E-state index contributed by atoms with van der Waals surface area (Å²) in [4.78, 5) is 7.64. The normalized spacial score (nSPS) is 11.7. The van der Waals surface area contributed by atoms with Crippen molar-refractivity contribution in [2.75, 3.05) is 14.2 Å². The summed E-state index contributed by atoms with van der Waals surface area (Å²) in [6.45, 7) is 0. The number of halogens is 1. The Kier molecular flexibility index (Phi) is 2.79. The fourth-order valence-electron chi connectivity index (χ4n) is 1.16. The number of hydrogen-bond acceptors (Lipinski definition) is 7. The van der Waals surface area contributed by atoms with E-state index in [1.54, 1.807) is 0 Å². The quantitative estimate of drug-likeness (QED) is 0.733. The van der Waals surface area contributed by atoms with E-state index in [-0.39, 0.29) is 17.5 Å². The van der Waals surface area contributed by atoms with Gasteiger partial charge in [0.15, 0.2) is 5.65 Å². The molecule has 0 spiro atoms. The summed E-state index contributed by atoms with van der Waals surface area (Å²) in [6.07, 6.45) is 0. The molecule has 2 aromatic heterocycles. The second-order valence-corrected chi connectivity index (χ2v) is 5.35. The summed E-state index contributed by atoms with van der Waals surface area (Å²) in [5.74, 6) is 0.222. The van der Waals surface area contributed by atoms with E-state index in [1.807, 2.05) is 0 Å². The number of fused-ring (bicyclic) bond motifs is 1. The van der Waals surface area contributed by atoms with Gasteiger partial charge in [0.25, 0.3) is 14.2 Å². The largest absolute Gasteiger partial charge is 0.481 e. The van der Waals surface area contributed by atoms with E-state index in [0.717, 1.165) is 4.52 Å². The molecule has 0 saturated heterocycles. The van der Waals surface area contributed by atoms with E-state index in [4.69, 9.17) is 20.2 Å². The van der Waals surface area contributed by atoms with Gasteiger partial charge in [0.1, 0.15) is 0 Å². The number of hydrogen-bond donors (Lipinski definition) is 0. The maximum Gasteiger partial charge on any atom is 0.322 e. The van der Waals surface area contributed by atoms with E-state index >= 15 is 0 Å². The van der Waals surface area contributed by atoms with Crippen LogP contribution in [0.4, 0.5) is 0 Å². The summed E-state index contributed by atoms with van der Waals surface area (Å²) in [6, 6.07) is 1.44. The molecule has 0 aliphatic carbocycles. The van der Waals surface area contributed by atoms with Crippen LogP contribution in [0.5, 0.6) is 11.9 Å². The van der Waals surface area contributed by atoms with Crippen molar-refractivity contribution in [1.29, 1.82) is 0 Å². The molecule has 0 aliphatic heterocycles. The van der Waals surface area contributed by atoms with Crippen LogP contribution in [0.25, 0.3) is 5.65 Å². The van der Waals surface area contributed by atoms with Gasteiger partial charge in [-0.3, -0.25) is 0 Å². The van der Waals surface area contributed by atoms with E-state index in [9.17, 15) is 8.42 Å². The van der Waals surface area contributed by atoms with E-state index < -0.39 is 14.2 Å². The zero-order valence-corrected chi connectivity index (χ0v) is 10.4. The number of methoxy groups -OCH3 is 2. The van der Waals surface area contributed by atoms with Crippen LogP contribution in [-0.4, -0.2) is 42.2 Å². The number of rotatable bonds is 3. The van der Waals surface area contributed by atoms with Gasteiger partial charge in [0, 0.05) is 16.7 Å². The lowest BCUT2D eigenvalue weighted by atomic mass is 10.6. The van der Waals surface area contributed by atoms with E-state index in [0.29, 0.717) is 0 Å². The van der Waals surface area contributed by atoms with Crippen LogP contribution < -0.4 is 9.47 Å². The molecule has 2 aromatic rings. The average molecular weight is 279 g/mol. The van der Waals surface area contributed by atoms with Crippen LogP contribution in [0.2, 0.25) is 0 Å².